The number of amides is 1. The third kappa shape index (κ3) is 15.3. The highest BCUT2D eigenvalue weighted by atomic mass is 32.2. The molecule has 1 aromatic rings. The van der Waals surface area contributed by atoms with Gasteiger partial charge >= 0.3 is 0 Å². The summed E-state index contributed by atoms with van der Waals surface area (Å²) in [5, 5.41) is 30.6. The molecule has 0 spiro atoms. The second-order valence-electron chi connectivity index (χ2n) is 10.4. The van der Waals surface area contributed by atoms with Crippen LogP contribution in [0.3, 0.4) is 0 Å². The second-order valence-corrected chi connectivity index (χ2v) is 11.7. The summed E-state index contributed by atoms with van der Waals surface area (Å²) < 4.78 is 1.92. The number of aliphatic hydroxyl groups is 1. The average molecular weight is 538 g/mol. The van der Waals surface area contributed by atoms with E-state index in [-0.39, 0.29) is 11.8 Å². The van der Waals surface area contributed by atoms with Crippen molar-refractivity contribution in [3.63, 3.8) is 0 Å². The SMILES string of the molecule is CCCC(CC)SC(=N)/N=C\[C@H](C)Cc1cn(CCCCCCCCC(O)N[C@H](C(N)=O)C(C)C)nn1. The van der Waals surface area contributed by atoms with E-state index in [0.29, 0.717) is 16.8 Å². The summed E-state index contributed by atoms with van der Waals surface area (Å²) in [6.45, 7) is 11.1. The Labute approximate surface area is 228 Å². The molecule has 2 unspecified atom stereocenters. The highest BCUT2D eigenvalue weighted by Crippen LogP contribution is 2.21. The fraction of sp³-hybridized carbons (Fsp3) is 0.815. The van der Waals surface area contributed by atoms with E-state index in [4.69, 9.17) is 11.1 Å². The van der Waals surface area contributed by atoms with Crippen molar-refractivity contribution in [3.05, 3.63) is 11.9 Å². The van der Waals surface area contributed by atoms with Gasteiger partial charge in [0.05, 0.1) is 11.7 Å². The number of nitrogens with one attached hydrogen (secondary N) is 2. The largest absolute Gasteiger partial charge is 0.379 e. The van der Waals surface area contributed by atoms with E-state index >= 15 is 0 Å². The monoisotopic (exact) mass is 537 g/mol. The summed E-state index contributed by atoms with van der Waals surface area (Å²) in [5.41, 5.74) is 6.34. The van der Waals surface area contributed by atoms with Crippen LogP contribution in [0.15, 0.2) is 11.2 Å². The van der Waals surface area contributed by atoms with Crippen molar-refractivity contribution in [1.82, 2.24) is 20.3 Å². The van der Waals surface area contributed by atoms with Crippen LogP contribution >= 0.6 is 11.8 Å². The number of hydrogen-bond donors (Lipinski definition) is 4. The highest BCUT2D eigenvalue weighted by molar-refractivity contribution is 8.14. The van der Waals surface area contributed by atoms with Gasteiger partial charge in [0.1, 0.15) is 6.23 Å². The van der Waals surface area contributed by atoms with Crippen LogP contribution in [0.2, 0.25) is 0 Å². The van der Waals surface area contributed by atoms with Crippen molar-refractivity contribution < 1.29 is 9.90 Å². The molecule has 0 aliphatic rings. The molecule has 212 valence electrons. The molecular formula is C27H51N7O2S. The van der Waals surface area contributed by atoms with E-state index in [1.54, 1.807) is 11.8 Å². The summed E-state index contributed by atoms with van der Waals surface area (Å²) in [6, 6.07) is -0.494. The number of aryl methyl sites for hydroxylation is 1. The minimum Gasteiger partial charge on any atom is -0.379 e. The fourth-order valence-corrected chi connectivity index (χ4v) is 5.15. The molecule has 0 aromatic carbocycles. The van der Waals surface area contributed by atoms with Gasteiger partial charge in [-0.2, -0.15) is 0 Å². The number of carbonyl (C=O) groups excluding carboxylic acids is 1. The van der Waals surface area contributed by atoms with Crippen molar-refractivity contribution in [1.29, 1.82) is 5.41 Å². The van der Waals surface area contributed by atoms with Crippen LogP contribution in [0.25, 0.3) is 0 Å². The van der Waals surface area contributed by atoms with Crippen LogP contribution in [-0.2, 0) is 17.8 Å². The standard InChI is InChI=1S/C27H51N7O2S/c1-6-14-23(7-2)37-27(29)30-18-21(5)17-22-19-34(33-32-22)16-13-11-9-8-10-12-15-24(35)31-25(20(3)4)26(28)36/h18-21,23-25,29,31,35H,6-17H2,1-5H3,(H2,28,36)/b29-27?,30-18-/t21-,23?,24?,25+/m1/s1. The van der Waals surface area contributed by atoms with Crippen LogP contribution < -0.4 is 11.1 Å². The number of aliphatic imine (C=N–C) groups is 1. The molecule has 9 nitrogen and oxygen atoms in total. The lowest BCUT2D eigenvalue weighted by Crippen LogP contribution is -2.49. The molecule has 10 heteroatoms. The van der Waals surface area contributed by atoms with E-state index < -0.39 is 18.2 Å². The second kappa shape index (κ2) is 19.3. The number of rotatable bonds is 20. The lowest BCUT2D eigenvalue weighted by atomic mass is 10.0. The van der Waals surface area contributed by atoms with Crippen molar-refractivity contribution in [2.24, 2.45) is 22.6 Å². The Balaban J connectivity index is 2.18. The Kier molecular flexibility index (Phi) is 17.4. The molecular weight excluding hydrogens is 486 g/mol. The number of amidine groups is 1. The van der Waals surface area contributed by atoms with Gasteiger partial charge in [0.2, 0.25) is 5.91 Å². The molecule has 0 fully saturated rings. The molecule has 4 atom stereocenters. The van der Waals surface area contributed by atoms with Crippen LogP contribution in [0.1, 0.15) is 105 Å². The normalized spacial score (nSPS) is 15.2. The number of primary amides is 1. The van der Waals surface area contributed by atoms with Gasteiger partial charge in [0.15, 0.2) is 5.17 Å². The average Bonchev–Trinajstić information content (AvgIpc) is 3.29. The summed E-state index contributed by atoms with van der Waals surface area (Å²) in [4.78, 5) is 15.8. The molecule has 1 heterocycles. The molecule has 0 aliphatic heterocycles. The smallest absolute Gasteiger partial charge is 0.234 e. The Morgan fingerprint density at radius 1 is 1.19 bits per heavy atom. The molecule has 1 amide bonds. The quantitative estimate of drug-likeness (QED) is 0.0804. The zero-order valence-electron chi connectivity index (χ0n) is 23.7. The van der Waals surface area contributed by atoms with Crippen LogP contribution in [0.4, 0.5) is 0 Å². The van der Waals surface area contributed by atoms with Crippen LogP contribution in [0.5, 0.6) is 0 Å². The maximum Gasteiger partial charge on any atom is 0.234 e. The van der Waals surface area contributed by atoms with Gasteiger partial charge in [-0.1, -0.05) is 83.7 Å². The Morgan fingerprint density at radius 3 is 2.49 bits per heavy atom. The molecule has 1 rings (SSSR count). The summed E-state index contributed by atoms with van der Waals surface area (Å²) >= 11 is 1.57. The number of aromatic nitrogens is 3. The van der Waals surface area contributed by atoms with E-state index in [9.17, 15) is 9.90 Å². The molecule has 1 aromatic heterocycles. The molecule has 0 saturated heterocycles. The number of nitrogens with zero attached hydrogens (tertiary/aromatic N) is 4. The molecule has 0 aliphatic carbocycles. The third-order valence-corrected chi connectivity index (χ3v) is 7.60. The maximum atomic E-state index is 11.4. The number of nitrogens with two attached hydrogens (primary N) is 1. The van der Waals surface area contributed by atoms with E-state index in [2.05, 4.69) is 41.4 Å². The van der Waals surface area contributed by atoms with Gasteiger partial charge < -0.3 is 10.8 Å². The van der Waals surface area contributed by atoms with Crippen LogP contribution in [-0.4, -0.2) is 54.9 Å². The topological polar surface area (TPSA) is 142 Å². The number of carbonyl (C=O) groups is 1. The Morgan fingerprint density at radius 2 is 1.86 bits per heavy atom. The van der Waals surface area contributed by atoms with E-state index in [1.165, 1.54) is 0 Å². The predicted octanol–water partition coefficient (Wildman–Crippen LogP) is 4.92. The molecule has 0 bridgehead atoms. The number of hydrogen-bond acceptors (Lipinski definition) is 7. The number of aliphatic hydroxyl groups excluding tert-OH is 1. The number of unbranched alkanes of at least 4 members (excludes halogenated alkanes) is 5. The van der Waals surface area contributed by atoms with Crippen molar-refractivity contribution in [2.75, 3.05) is 0 Å². The van der Waals surface area contributed by atoms with Crippen LogP contribution in [0, 0.1) is 17.2 Å². The molecule has 0 saturated carbocycles. The predicted molar refractivity (Wildman–Crippen MR) is 155 cm³/mol. The lowest BCUT2D eigenvalue weighted by molar-refractivity contribution is -0.122. The fourth-order valence-electron chi connectivity index (χ4n) is 4.19. The minimum atomic E-state index is -0.694. The first-order chi connectivity index (χ1) is 17.7. The summed E-state index contributed by atoms with van der Waals surface area (Å²) in [6.07, 6.45) is 14.3. The van der Waals surface area contributed by atoms with Gasteiger partial charge in [0, 0.05) is 30.6 Å². The zero-order valence-corrected chi connectivity index (χ0v) is 24.5. The van der Waals surface area contributed by atoms with Crippen molar-refractivity contribution in [2.45, 2.75) is 129 Å². The Bertz CT molecular complexity index is 799. The van der Waals surface area contributed by atoms with Gasteiger partial charge in [-0.05, 0) is 43.9 Å². The lowest BCUT2D eigenvalue weighted by Gasteiger charge is -2.22. The summed E-state index contributed by atoms with van der Waals surface area (Å²) in [5.74, 6) is -0.159. The van der Waals surface area contributed by atoms with Gasteiger partial charge in [-0.3, -0.25) is 20.2 Å². The first kappa shape index (κ1) is 33.2. The van der Waals surface area contributed by atoms with Gasteiger partial charge in [-0.25, -0.2) is 4.99 Å². The summed E-state index contributed by atoms with van der Waals surface area (Å²) in [7, 11) is 0. The molecule has 0 radical (unpaired) electrons. The molecule has 37 heavy (non-hydrogen) atoms. The van der Waals surface area contributed by atoms with E-state index in [0.717, 1.165) is 76.4 Å². The highest BCUT2D eigenvalue weighted by Gasteiger charge is 2.21. The van der Waals surface area contributed by atoms with E-state index in [1.807, 2.05) is 30.9 Å². The first-order valence-electron chi connectivity index (χ1n) is 14.1. The number of thioether (sulfide) groups is 1. The Hall–Kier alpha value is -1.78. The van der Waals surface area contributed by atoms with Crippen molar-refractivity contribution >= 4 is 29.1 Å². The van der Waals surface area contributed by atoms with Gasteiger partial charge in [0.25, 0.3) is 0 Å². The minimum absolute atomic E-state index is 0.0547. The molecule has 5 N–H and O–H groups in total. The van der Waals surface area contributed by atoms with Crippen molar-refractivity contribution in [3.8, 4) is 0 Å². The third-order valence-electron chi connectivity index (χ3n) is 6.37. The van der Waals surface area contributed by atoms with Gasteiger partial charge in [-0.15, -0.1) is 5.10 Å². The zero-order chi connectivity index (χ0) is 27.6. The maximum absolute atomic E-state index is 11.4. The first-order valence-corrected chi connectivity index (χ1v) is 15.0.